The fourth-order valence-corrected chi connectivity index (χ4v) is 1.27. The minimum absolute atomic E-state index is 0. The van der Waals surface area contributed by atoms with Gasteiger partial charge >= 0.3 is 29.6 Å². The molecular weight excluding hydrogens is 232 g/mol. The Labute approximate surface area is 111 Å². The molecule has 1 atom stereocenters. The van der Waals surface area contributed by atoms with Gasteiger partial charge in [-0.2, -0.15) is 0 Å². The van der Waals surface area contributed by atoms with E-state index in [1.807, 2.05) is 0 Å². The predicted octanol–water partition coefficient (Wildman–Crippen LogP) is -1.97. The van der Waals surface area contributed by atoms with Gasteiger partial charge in [0.2, 0.25) is 5.91 Å². The first-order valence-corrected chi connectivity index (χ1v) is 4.74. The maximum absolute atomic E-state index is 13.1. The number of amides is 1. The zero-order chi connectivity index (χ0) is 10.7. The van der Waals surface area contributed by atoms with E-state index in [9.17, 15) is 17.9 Å². The quantitative estimate of drug-likeness (QED) is 0.480. The van der Waals surface area contributed by atoms with Crippen molar-refractivity contribution in [2.24, 2.45) is 0 Å². The van der Waals surface area contributed by atoms with Crippen molar-refractivity contribution in [3.05, 3.63) is 24.0 Å². The molecule has 1 amide bonds. The van der Waals surface area contributed by atoms with Gasteiger partial charge in [0, 0.05) is 11.8 Å². The maximum atomic E-state index is 13.1. The molecule has 0 aromatic heterocycles. The number of halogens is 1. The van der Waals surface area contributed by atoms with Crippen LogP contribution in [0.2, 0.25) is 0 Å². The SMILES string of the molecule is CC(=O)Nc1ccc(S(=O)[O-])cc1F.[Na+]. The number of carbonyl (C=O) groups is 1. The van der Waals surface area contributed by atoms with Gasteiger partial charge in [0.15, 0.2) is 0 Å². The number of nitrogens with one attached hydrogen (secondary N) is 1. The van der Waals surface area contributed by atoms with E-state index in [1.54, 1.807) is 0 Å². The van der Waals surface area contributed by atoms with Gasteiger partial charge in [0.25, 0.3) is 0 Å². The second-order valence-electron chi connectivity index (χ2n) is 2.56. The first kappa shape index (κ1) is 14.7. The summed E-state index contributed by atoms with van der Waals surface area (Å²) in [5.74, 6) is -1.19. The molecule has 1 aromatic rings. The second kappa shape index (κ2) is 6.34. The summed E-state index contributed by atoms with van der Waals surface area (Å²) in [7, 11) is 0. The van der Waals surface area contributed by atoms with Crippen molar-refractivity contribution in [3.8, 4) is 0 Å². The van der Waals surface area contributed by atoms with E-state index in [0.717, 1.165) is 6.07 Å². The van der Waals surface area contributed by atoms with Crippen LogP contribution in [0.4, 0.5) is 10.1 Å². The molecule has 0 bridgehead atoms. The summed E-state index contributed by atoms with van der Waals surface area (Å²) in [5.41, 5.74) is -0.0355. The molecule has 1 N–H and O–H groups in total. The van der Waals surface area contributed by atoms with Crippen LogP contribution < -0.4 is 34.9 Å². The third kappa shape index (κ3) is 4.40. The molecular formula is C8H7FNNaO3S. The van der Waals surface area contributed by atoms with Gasteiger partial charge in [-0.1, -0.05) is 0 Å². The summed E-state index contributed by atoms with van der Waals surface area (Å²) < 4.78 is 33.9. The van der Waals surface area contributed by atoms with Crippen LogP contribution in [0.25, 0.3) is 0 Å². The van der Waals surface area contributed by atoms with Crippen molar-refractivity contribution in [1.29, 1.82) is 0 Å². The van der Waals surface area contributed by atoms with Crippen molar-refractivity contribution in [2.75, 3.05) is 5.32 Å². The van der Waals surface area contributed by atoms with Crippen molar-refractivity contribution in [2.45, 2.75) is 11.8 Å². The fraction of sp³-hybridized carbons (Fsp3) is 0.125. The van der Waals surface area contributed by atoms with Crippen LogP contribution in [0, 0.1) is 5.82 Å². The van der Waals surface area contributed by atoms with Crippen LogP contribution in [0.1, 0.15) is 6.92 Å². The molecule has 76 valence electrons. The van der Waals surface area contributed by atoms with Gasteiger partial charge < -0.3 is 9.87 Å². The first-order chi connectivity index (χ1) is 6.50. The Morgan fingerprint density at radius 1 is 1.53 bits per heavy atom. The standard InChI is InChI=1S/C8H8FNO3S.Na/c1-5(11)10-8-3-2-6(14(12)13)4-7(8)9;/h2-4H,1H3,(H,10,11)(H,12,13);/q;+1/p-1. The molecule has 0 radical (unpaired) electrons. The topological polar surface area (TPSA) is 69.2 Å². The molecule has 0 spiro atoms. The number of hydrogen-bond donors (Lipinski definition) is 1. The van der Waals surface area contributed by atoms with Crippen LogP contribution in [-0.4, -0.2) is 14.7 Å². The van der Waals surface area contributed by atoms with E-state index < -0.39 is 22.8 Å². The third-order valence-corrected chi connectivity index (χ3v) is 2.08. The Hall–Kier alpha value is -0.270. The smallest absolute Gasteiger partial charge is 0.768 e. The Morgan fingerprint density at radius 3 is 2.53 bits per heavy atom. The van der Waals surface area contributed by atoms with Crippen LogP contribution in [-0.2, 0) is 15.9 Å². The molecule has 0 aliphatic rings. The largest absolute Gasteiger partial charge is 1.00 e. The average Bonchev–Trinajstić information content (AvgIpc) is 2.07. The van der Waals surface area contributed by atoms with Crippen molar-refractivity contribution < 1.29 is 47.5 Å². The van der Waals surface area contributed by atoms with Gasteiger partial charge in [0.05, 0.1) is 5.69 Å². The van der Waals surface area contributed by atoms with Gasteiger partial charge in [0.1, 0.15) is 5.82 Å². The number of benzene rings is 1. The number of hydrogen-bond acceptors (Lipinski definition) is 3. The summed E-state index contributed by atoms with van der Waals surface area (Å²) in [5, 5.41) is 2.22. The van der Waals surface area contributed by atoms with E-state index in [-0.39, 0.29) is 40.1 Å². The molecule has 15 heavy (non-hydrogen) atoms. The van der Waals surface area contributed by atoms with Gasteiger partial charge in [-0.05, 0) is 29.3 Å². The maximum Gasteiger partial charge on any atom is 1.00 e. The summed E-state index contributed by atoms with van der Waals surface area (Å²) in [4.78, 5) is 10.4. The van der Waals surface area contributed by atoms with E-state index in [4.69, 9.17) is 0 Å². The van der Waals surface area contributed by atoms with E-state index in [2.05, 4.69) is 5.32 Å². The van der Waals surface area contributed by atoms with E-state index >= 15 is 0 Å². The van der Waals surface area contributed by atoms with E-state index in [1.165, 1.54) is 19.1 Å². The van der Waals surface area contributed by atoms with E-state index in [0.29, 0.717) is 0 Å². The van der Waals surface area contributed by atoms with Crippen molar-refractivity contribution in [1.82, 2.24) is 0 Å². The predicted molar refractivity (Wildman–Crippen MR) is 47.9 cm³/mol. The summed E-state index contributed by atoms with van der Waals surface area (Å²) in [6.45, 7) is 1.24. The number of rotatable bonds is 2. The second-order valence-corrected chi connectivity index (χ2v) is 3.50. The molecule has 0 saturated carbocycles. The van der Waals surface area contributed by atoms with Crippen molar-refractivity contribution >= 4 is 22.7 Å². The summed E-state index contributed by atoms with van der Waals surface area (Å²) in [6, 6.07) is 3.24. The molecule has 1 rings (SSSR count). The Balaban J connectivity index is 0.00000196. The molecule has 0 aliphatic carbocycles. The molecule has 1 unspecified atom stereocenters. The first-order valence-electron chi connectivity index (χ1n) is 3.67. The zero-order valence-corrected chi connectivity index (χ0v) is 11.1. The van der Waals surface area contributed by atoms with Gasteiger partial charge in [-0.3, -0.25) is 9.00 Å². The monoisotopic (exact) mass is 239 g/mol. The average molecular weight is 239 g/mol. The van der Waals surface area contributed by atoms with Crippen LogP contribution in [0.5, 0.6) is 0 Å². The summed E-state index contributed by atoms with van der Waals surface area (Å²) >= 11 is -2.46. The fourth-order valence-electron chi connectivity index (χ4n) is 0.891. The molecule has 4 nitrogen and oxygen atoms in total. The molecule has 0 fully saturated rings. The molecule has 0 aliphatic heterocycles. The van der Waals surface area contributed by atoms with Crippen LogP contribution in [0.3, 0.4) is 0 Å². The van der Waals surface area contributed by atoms with Crippen molar-refractivity contribution in [3.63, 3.8) is 0 Å². The summed E-state index contributed by atoms with van der Waals surface area (Å²) in [6.07, 6.45) is 0. The minimum atomic E-state index is -2.46. The zero-order valence-electron chi connectivity index (χ0n) is 8.24. The Kier molecular flexibility index (Phi) is 6.23. The molecule has 7 heteroatoms. The molecule has 1 aromatic carbocycles. The van der Waals surface area contributed by atoms with Gasteiger partial charge in [-0.25, -0.2) is 4.39 Å². The minimum Gasteiger partial charge on any atom is -0.768 e. The van der Waals surface area contributed by atoms with Crippen LogP contribution in [0.15, 0.2) is 23.1 Å². The Bertz CT molecular complexity index is 399. The molecule has 0 heterocycles. The number of anilines is 1. The van der Waals surface area contributed by atoms with Gasteiger partial charge in [-0.15, -0.1) is 0 Å². The molecule has 0 saturated heterocycles. The van der Waals surface area contributed by atoms with Crippen LogP contribution >= 0.6 is 0 Å². The Morgan fingerprint density at radius 2 is 2.13 bits per heavy atom. The number of carbonyl (C=O) groups excluding carboxylic acids is 1. The normalized spacial score (nSPS) is 11.4. The third-order valence-electron chi connectivity index (χ3n) is 1.44.